The van der Waals surface area contributed by atoms with Crippen molar-refractivity contribution in [2.24, 2.45) is 0 Å². The van der Waals surface area contributed by atoms with Crippen LogP contribution in [0.5, 0.6) is 17.4 Å². The molecule has 0 spiro atoms. The van der Waals surface area contributed by atoms with Gasteiger partial charge >= 0.3 is 0 Å². The molecule has 2 aromatic rings. The van der Waals surface area contributed by atoms with Gasteiger partial charge in [-0.25, -0.2) is 4.98 Å². The van der Waals surface area contributed by atoms with Crippen LogP contribution < -0.4 is 14.2 Å². The van der Waals surface area contributed by atoms with Crippen LogP contribution in [-0.4, -0.2) is 18.9 Å². The van der Waals surface area contributed by atoms with Gasteiger partial charge in [-0.15, -0.1) is 0 Å². The Bertz CT molecular complexity index is 730. The van der Waals surface area contributed by atoms with Crippen molar-refractivity contribution in [2.45, 2.75) is 0 Å². The lowest BCUT2D eigenvalue weighted by Crippen LogP contribution is -1.92. The molecule has 0 fully saturated rings. The van der Waals surface area contributed by atoms with E-state index in [1.165, 1.54) is 0 Å². The minimum absolute atomic E-state index is 0.215. The Morgan fingerprint density at radius 3 is 2.86 bits per heavy atom. The zero-order valence-electron chi connectivity index (χ0n) is 11.4. The fraction of sp³-hybridized carbons (Fsp3) is 0.125. The highest BCUT2D eigenvalue weighted by Gasteiger charge is 2.14. The summed E-state index contributed by atoms with van der Waals surface area (Å²) in [7, 11) is 1.56. The number of nitriles is 1. The molecule has 0 atom stereocenters. The smallest absolute Gasteiger partial charge is 0.231 e. The van der Waals surface area contributed by atoms with Gasteiger partial charge < -0.3 is 14.2 Å². The van der Waals surface area contributed by atoms with Gasteiger partial charge in [-0.1, -0.05) is 0 Å². The average molecular weight is 280 g/mol. The number of hydrogen-bond donors (Lipinski definition) is 0. The molecule has 2 heterocycles. The summed E-state index contributed by atoms with van der Waals surface area (Å²) in [5.41, 5.74) is 2.13. The van der Waals surface area contributed by atoms with E-state index >= 15 is 0 Å². The molecule has 1 aromatic carbocycles. The second-order valence-electron chi connectivity index (χ2n) is 4.37. The monoisotopic (exact) mass is 280 g/mol. The van der Waals surface area contributed by atoms with Gasteiger partial charge in [0, 0.05) is 12.3 Å². The van der Waals surface area contributed by atoms with Crippen LogP contribution in [0.4, 0.5) is 0 Å². The van der Waals surface area contributed by atoms with E-state index in [0.717, 1.165) is 11.1 Å². The lowest BCUT2D eigenvalue weighted by atomic mass is 10.0. The summed E-state index contributed by atoms with van der Waals surface area (Å²) in [6.45, 7) is 0.215. The van der Waals surface area contributed by atoms with Gasteiger partial charge in [-0.05, 0) is 41.5 Å². The van der Waals surface area contributed by atoms with E-state index in [1.807, 2.05) is 12.1 Å². The van der Waals surface area contributed by atoms with E-state index in [0.29, 0.717) is 23.0 Å². The summed E-state index contributed by atoms with van der Waals surface area (Å²) in [5.74, 6) is 1.89. The number of ether oxygens (including phenoxy) is 3. The van der Waals surface area contributed by atoms with Crippen LogP contribution in [0.25, 0.3) is 11.6 Å². The molecule has 0 aliphatic carbocycles. The second kappa shape index (κ2) is 5.55. The van der Waals surface area contributed by atoms with Gasteiger partial charge in [0.05, 0.1) is 18.8 Å². The van der Waals surface area contributed by atoms with Crippen molar-refractivity contribution in [3.63, 3.8) is 0 Å². The van der Waals surface area contributed by atoms with E-state index in [9.17, 15) is 5.26 Å². The number of benzene rings is 1. The second-order valence-corrected chi connectivity index (χ2v) is 4.37. The first-order valence-corrected chi connectivity index (χ1v) is 6.32. The van der Waals surface area contributed by atoms with Gasteiger partial charge in [0.1, 0.15) is 0 Å². The third-order valence-electron chi connectivity index (χ3n) is 3.08. The molecule has 5 nitrogen and oxygen atoms in total. The third kappa shape index (κ3) is 2.65. The summed E-state index contributed by atoms with van der Waals surface area (Å²) in [4.78, 5) is 4.12. The normalized spacial score (nSPS) is 12.9. The number of nitrogens with zero attached hydrogens (tertiary/aromatic N) is 2. The number of hydrogen-bond acceptors (Lipinski definition) is 5. The van der Waals surface area contributed by atoms with Crippen LogP contribution in [0.1, 0.15) is 11.1 Å². The highest BCUT2D eigenvalue weighted by molar-refractivity contribution is 5.90. The highest BCUT2D eigenvalue weighted by Crippen LogP contribution is 2.34. The molecule has 1 aromatic heterocycles. The van der Waals surface area contributed by atoms with Gasteiger partial charge in [-0.2, -0.15) is 5.26 Å². The first-order valence-electron chi connectivity index (χ1n) is 6.32. The Morgan fingerprint density at radius 2 is 2.14 bits per heavy atom. The number of rotatable bonds is 3. The predicted octanol–water partition coefficient (Wildman–Crippen LogP) is 2.88. The molecule has 0 radical (unpaired) electrons. The molecule has 0 amide bonds. The van der Waals surface area contributed by atoms with Crippen LogP contribution in [0.15, 0.2) is 36.5 Å². The zero-order chi connectivity index (χ0) is 14.7. The van der Waals surface area contributed by atoms with Crippen molar-refractivity contribution in [1.29, 1.82) is 5.26 Å². The van der Waals surface area contributed by atoms with Crippen molar-refractivity contribution in [3.8, 4) is 23.4 Å². The minimum atomic E-state index is 0.215. The van der Waals surface area contributed by atoms with Gasteiger partial charge in [0.2, 0.25) is 12.7 Å². The Labute approximate surface area is 122 Å². The lowest BCUT2D eigenvalue weighted by Gasteiger charge is -2.02. The van der Waals surface area contributed by atoms with Crippen molar-refractivity contribution < 1.29 is 14.2 Å². The van der Waals surface area contributed by atoms with E-state index in [2.05, 4.69) is 11.1 Å². The number of fused-ring (bicyclic) bond motifs is 1. The summed E-state index contributed by atoms with van der Waals surface area (Å²) in [6.07, 6.45) is 3.42. The summed E-state index contributed by atoms with van der Waals surface area (Å²) < 4.78 is 15.6. The molecular formula is C16H12N2O3. The summed E-state index contributed by atoms with van der Waals surface area (Å²) >= 11 is 0. The van der Waals surface area contributed by atoms with Crippen LogP contribution in [0, 0.1) is 11.3 Å². The molecule has 5 heteroatoms. The van der Waals surface area contributed by atoms with Gasteiger partial charge in [0.15, 0.2) is 11.5 Å². The van der Waals surface area contributed by atoms with E-state index < -0.39 is 0 Å². The Hall–Kier alpha value is -3.00. The molecule has 0 saturated heterocycles. The van der Waals surface area contributed by atoms with Crippen molar-refractivity contribution in [1.82, 2.24) is 4.98 Å². The molecule has 0 unspecified atom stereocenters. The van der Waals surface area contributed by atoms with Gasteiger partial charge in [0.25, 0.3) is 0 Å². The predicted molar refractivity (Wildman–Crippen MR) is 76.8 cm³/mol. The zero-order valence-corrected chi connectivity index (χ0v) is 11.4. The Balaban J connectivity index is 1.94. The highest BCUT2D eigenvalue weighted by atomic mass is 16.7. The number of methoxy groups -OCH3 is 1. The molecule has 3 rings (SSSR count). The topological polar surface area (TPSA) is 64.4 Å². The maximum absolute atomic E-state index is 9.35. The van der Waals surface area contributed by atoms with Crippen molar-refractivity contribution in [3.05, 3.63) is 47.7 Å². The molecule has 0 saturated carbocycles. The summed E-state index contributed by atoms with van der Waals surface area (Å²) in [6, 6.07) is 11.2. The quantitative estimate of drug-likeness (QED) is 0.809. The summed E-state index contributed by atoms with van der Waals surface area (Å²) in [5, 5.41) is 9.35. The lowest BCUT2D eigenvalue weighted by molar-refractivity contribution is 0.174. The standard InChI is InChI=1S/C16H12N2O3/c1-19-16-5-2-11(9-18-16)6-13(8-17)12-3-4-14-15(7-12)21-10-20-14/h2-7,9H,10H2,1H3/b13-6+. The number of aromatic nitrogens is 1. The Morgan fingerprint density at radius 1 is 1.29 bits per heavy atom. The first-order chi connectivity index (χ1) is 10.3. The minimum Gasteiger partial charge on any atom is -0.481 e. The SMILES string of the molecule is COc1ccc(/C=C(\C#N)c2ccc3c(c2)OCO3)cn1. The maximum Gasteiger partial charge on any atom is 0.231 e. The molecule has 1 aliphatic heterocycles. The first kappa shape index (κ1) is 13.0. The van der Waals surface area contributed by atoms with E-state index in [1.54, 1.807) is 37.6 Å². The molecule has 21 heavy (non-hydrogen) atoms. The van der Waals surface area contributed by atoms with Crippen LogP contribution in [0.3, 0.4) is 0 Å². The van der Waals surface area contributed by atoms with Crippen LogP contribution in [0.2, 0.25) is 0 Å². The fourth-order valence-electron chi connectivity index (χ4n) is 2.01. The third-order valence-corrected chi connectivity index (χ3v) is 3.08. The molecule has 0 N–H and O–H groups in total. The van der Waals surface area contributed by atoms with Gasteiger partial charge in [-0.3, -0.25) is 0 Å². The number of allylic oxidation sites excluding steroid dienone is 1. The Kier molecular flexibility index (Phi) is 3.44. The van der Waals surface area contributed by atoms with E-state index in [-0.39, 0.29) is 6.79 Å². The van der Waals surface area contributed by atoms with E-state index in [4.69, 9.17) is 14.2 Å². The molecular weight excluding hydrogens is 268 g/mol. The fourth-order valence-corrected chi connectivity index (χ4v) is 2.01. The van der Waals surface area contributed by atoms with Crippen molar-refractivity contribution in [2.75, 3.05) is 13.9 Å². The number of pyridine rings is 1. The van der Waals surface area contributed by atoms with Crippen LogP contribution >= 0.6 is 0 Å². The molecule has 1 aliphatic rings. The molecule has 104 valence electrons. The maximum atomic E-state index is 9.35. The van der Waals surface area contributed by atoms with Crippen LogP contribution in [-0.2, 0) is 0 Å². The molecule has 0 bridgehead atoms. The average Bonchev–Trinajstić information content (AvgIpc) is 3.00. The largest absolute Gasteiger partial charge is 0.481 e. The van der Waals surface area contributed by atoms with Crippen molar-refractivity contribution >= 4 is 11.6 Å².